The SMILES string of the molecule is Cc1cc(C(=O)Nc2ccc(C(=O)N3CCCC3)cc2)c2cnn(C(C)C)c2n1. The summed E-state index contributed by atoms with van der Waals surface area (Å²) in [5.41, 5.74) is 3.29. The quantitative estimate of drug-likeness (QED) is 0.733. The van der Waals surface area contributed by atoms with Crippen LogP contribution >= 0.6 is 0 Å². The van der Waals surface area contributed by atoms with E-state index >= 15 is 0 Å². The Labute approximate surface area is 169 Å². The molecule has 150 valence electrons. The van der Waals surface area contributed by atoms with Crippen LogP contribution in [0.5, 0.6) is 0 Å². The van der Waals surface area contributed by atoms with E-state index in [4.69, 9.17) is 0 Å². The fourth-order valence-electron chi connectivity index (χ4n) is 3.71. The smallest absolute Gasteiger partial charge is 0.256 e. The number of pyridine rings is 1. The van der Waals surface area contributed by atoms with Crippen molar-refractivity contribution >= 4 is 28.5 Å². The number of nitrogens with zero attached hydrogens (tertiary/aromatic N) is 4. The molecular formula is C22H25N5O2. The number of anilines is 1. The lowest BCUT2D eigenvalue weighted by Crippen LogP contribution is -2.27. The number of hydrogen-bond acceptors (Lipinski definition) is 4. The van der Waals surface area contributed by atoms with Gasteiger partial charge in [-0.15, -0.1) is 0 Å². The molecule has 2 aromatic heterocycles. The van der Waals surface area contributed by atoms with Crippen LogP contribution in [-0.2, 0) is 0 Å². The molecule has 0 atom stereocenters. The fraction of sp³-hybridized carbons (Fsp3) is 0.364. The maximum atomic E-state index is 12.9. The highest BCUT2D eigenvalue weighted by atomic mass is 16.2. The van der Waals surface area contributed by atoms with Gasteiger partial charge >= 0.3 is 0 Å². The molecule has 1 aliphatic rings. The highest BCUT2D eigenvalue weighted by molar-refractivity contribution is 6.12. The van der Waals surface area contributed by atoms with E-state index in [1.54, 1.807) is 36.5 Å². The third kappa shape index (κ3) is 3.72. The molecule has 0 spiro atoms. The molecule has 0 radical (unpaired) electrons. The molecule has 0 saturated carbocycles. The molecule has 1 aromatic carbocycles. The first kappa shape index (κ1) is 19.1. The maximum Gasteiger partial charge on any atom is 0.256 e. The van der Waals surface area contributed by atoms with Crippen molar-refractivity contribution in [3.8, 4) is 0 Å². The first-order valence-corrected chi connectivity index (χ1v) is 9.99. The van der Waals surface area contributed by atoms with Crippen LogP contribution < -0.4 is 5.32 Å². The number of rotatable bonds is 4. The van der Waals surface area contributed by atoms with Crippen molar-refractivity contribution in [2.75, 3.05) is 18.4 Å². The number of carbonyl (C=O) groups is 2. The van der Waals surface area contributed by atoms with E-state index < -0.39 is 0 Å². The second-order valence-corrected chi connectivity index (χ2v) is 7.76. The molecule has 7 nitrogen and oxygen atoms in total. The summed E-state index contributed by atoms with van der Waals surface area (Å²) in [6.45, 7) is 7.56. The van der Waals surface area contributed by atoms with Crippen LogP contribution in [-0.4, -0.2) is 44.6 Å². The Morgan fingerprint density at radius 2 is 1.79 bits per heavy atom. The summed E-state index contributed by atoms with van der Waals surface area (Å²) >= 11 is 0. The zero-order chi connectivity index (χ0) is 20.5. The summed E-state index contributed by atoms with van der Waals surface area (Å²) in [6.07, 6.45) is 3.81. The minimum atomic E-state index is -0.220. The Bertz CT molecular complexity index is 1060. The Morgan fingerprint density at radius 1 is 1.10 bits per heavy atom. The van der Waals surface area contributed by atoms with Gasteiger partial charge in [0.2, 0.25) is 0 Å². The largest absolute Gasteiger partial charge is 0.339 e. The number of aromatic nitrogens is 3. The number of benzene rings is 1. The van der Waals surface area contributed by atoms with Crippen molar-refractivity contribution in [1.29, 1.82) is 0 Å². The predicted octanol–water partition coefficient (Wildman–Crippen LogP) is 3.81. The van der Waals surface area contributed by atoms with Crippen LogP contribution in [0.15, 0.2) is 36.5 Å². The summed E-state index contributed by atoms with van der Waals surface area (Å²) in [6, 6.07) is 8.99. The molecule has 0 bridgehead atoms. The normalized spacial score (nSPS) is 14.0. The van der Waals surface area contributed by atoms with Gasteiger partial charge in [-0.2, -0.15) is 5.10 Å². The van der Waals surface area contributed by atoms with Crippen molar-refractivity contribution in [3.63, 3.8) is 0 Å². The lowest BCUT2D eigenvalue weighted by molar-refractivity contribution is 0.0792. The van der Waals surface area contributed by atoms with Gasteiger partial charge in [0, 0.05) is 36.1 Å². The molecule has 0 aliphatic carbocycles. The highest BCUT2D eigenvalue weighted by Crippen LogP contribution is 2.22. The number of fused-ring (bicyclic) bond motifs is 1. The van der Waals surface area contributed by atoms with Crippen molar-refractivity contribution in [3.05, 3.63) is 53.3 Å². The molecule has 2 amide bonds. The lowest BCUT2D eigenvalue weighted by Gasteiger charge is -2.15. The van der Waals surface area contributed by atoms with Crippen LogP contribution in [0.4, 0.5) is 5.69 Å². The molecule has 4 rings (SSSR count). The van der Waals surface area contributed by atoms with Crippen molar-refractivity contribution in [2.45, 2.75) is 39.7 Å². The molecule has 3 aromatic rings. The van der Waals surface area contributed by atoms with Crippen LogP contribution in [0.3, 0.4) is 0 Å². The van der Waals surface area contributed by atoms with Crippen LogP contribution in [0, 0.1) is 6.92 Å². The summed E-state index contributed by atoms with van der Waals surface area (Å²) < 4.78 is 1.82. The zero-order valence-corrected chi connectivity index (χ0v) is 17.0. The standard InChI is InChI=1S/C22H25N5O2/c1-14(2)27-20-19(13-23-27)18(12-15(3)24-20)21(28)25-17-8-6-16(7-9-17)22(29)26-10-4-5-11-26/h6-9,12-14H,4-5,10-11H2,1-3H3,(H,25,28). The molecule has 1 fully saturated rings. The van der Waals surface area contributed by atoms with Crippen molar-refractivity contribution in [2.24, 2.45) is 0 Å². The third-order valence-electron chi connectivity index (χ3n) is 5.21. The molecule has 7 heteroatoms. The van der Waals surface area contributed by atoms with Crippen molar-refractivity contribution in [1.82, 2.24) is 19.7 Å². The van der Waals surface area contributed by atoms with Crippen molar-refractivity contribution < 1.29 is 9.59 Å². The number of hydrogen-bond donors (Lipinski definition) is 1. The topological polar surface area (TPSA) is 80.1 Å². The van der Waals surface area contributed by atoms with Gasteiger partial charge in [0.05, 0.1) is 17.1 Å². The minimum absolute atomic E-state index is 0.0490. The van der Waals surface area contributed by atoms with Gasteiger partial charge in [-0.25, -0.2) is 9.67 Å². The Balaban J connectivity index is 1.56. The van der Waals surface area contributed by atoms with Crippen LogP contribution in [0.1, 0.15) is 59.1 Å². The lowest BCUT2D eigenvalue weighted by atomic mass is 10.1. The maximum absolute atomic E-state index is 12.9. The first-order chi connectivity index (χ1) is 13.9. The summed E-state index contributed by atoms with van der Waals surface area (Å²) in [5, 5.41) is 8.03. The van der Waals surface area contributed by atoms with Gasteiger partial charge in [-0.05, 0) is 63.9 Å². The van der Waals surface area contributed by atoms with E-state index in [9.17, 15) is 9.59 Å². The third-order valence-corrected chi connectivity index (χ3v) is 5.21. The molecule has 3 heterocycles. The Kier molecular flexibility index (Phi) is 5.05. The minimum Gasteiger partial charge on any atom is -0.339 e. The predicted molar refractivity (Wildman–Crippen MR) is 112 cm³/mol. The Morgan fingerprint density at radius 3 is 2.45 bits per heavy atom. The second kappa shape index (κ2) is 7.66. The van der Waals surface area contributed by atoms with E-state index in [1.807, 2.05) is 30.4 Å². The molecule has 1 saturated heterocycles. The zero-order valence-electron chi connectivity index (χ0n) is 17.0. The Hall–Kier alpha value is -3.22. The summed E-state index contributed by atoms with van der Waals surface area (Å²) in [7, 11) is 0. The van der Waals surface area contributed by atoms with E-state index in [1.165, 1.54) is 0 Å². The van der Waals surface area contributed by atoms with Gasteiger partial charge in [0.1, 0.15) is 0 Å². The number of nitrogens with one attached hydrogen (secondary N) is 1. The number of amides is 2. The van der Waals surface area contributed by atoms with Gasteiger partial charge in [-0.1, -0.05) is 0 Å². The van der Waals surface area contributed by atoms with E-state index in [0.29, 0.717) is 22.5 Å². The van der Waals surface area contributed by atoms with Gasteiger partial charge in [0.25, 0.3) is 11.8 Å². The molecule has 29 heavy (non-hydrogen) atoms. The molecule has 0 unspecified atom stereocenters. The second-order valence-electron chi connectivity index (χ2n) is 7.76. The van der Waals surface area contributed by atoms with Gasteiger partial charge in [0.15, 0.2) is 5.65 Å². The molecular weight excluding hydrogens is 366 g/mol. The summed E-state index contributed by atoms with van der Waals surface area (Å²) in [4.78, 5) is 31.8. The number of aryl methyl sites for hydroxylation is 1. The molecule has 1 N–H and O–H groups in total. The number of carbonyl (C=O) groups excluding carboxylic acids is 2. The first-order valence-electron chi connectivity index (χ1n) is 9.99. The monoisotopic (exact) mass is 391 g/mol. The van der Waals surface area contributed by atoms with E-state index in [-0.39, 0.29) is 17.9 Å². The average Bonchev–Trinajstić information content (AvgIpc) is 3.37. The van der Waals surface area contributed by atoms with Gasteiger partial charge in [-0.3, -0.25) is 9.59 Å². The highest BCUT2D eigenvalue weighted by Gasteiger charge is 2.20. The average molecular weight is 391 g/mol. The van der Waals surface area contributed by atoms with E-state index in [0.717, 1.165) is 37.0 Å². The van der Waals surface area contributed by atoms with Crippen LogP contribution in [0.2, 0.25) is 0 Å². The van der Waals surface area contributed by atoms with Gasteiger partial charge < -0.3 is 10.2 Å². The summed E-state index contributed by atoms with van der Waals surface area (Å²) in [5.74, 6) is -0.171. The molecule has 1 aliphatic heterocycles. The fourth-order valence-corrected chi connectivity index (χ4v) is 3.71. The van der Waals surface area contributed by atoms with Crippen LogP contribution in [0.25, 0.3) is 11.0 Å². The number of likely N-dealkylation sites (tertiary alicyclic amines) is 1. The van der Waals surface area contributed by atoms with E-state index in [2.05, 4.69) is 15.4 Å².